The van der Waals surface area contributed by atoms with Crippen LogP contribution in [0.3, 0.4) is 0 Å². The summed E-state index contributed by atoms with van der Waals surface area (Å²) in [6.45, 7) is 0. The Balaban J connectivity index is -0.0000000800. The van der Waals surface area contributed by atoms with Gasteiger partial charge in [-0.05, 0) is 0 Å². The van der Waals surface area contributed by atoms with Crippen molar-refractivity contribution in [2.24, 2.45) is 0 Å². The van der Waals surface area contributed by atoms with Crippen molar-refractivity contribution >= 4 is 6.16 Å². The van der Waals surface area contributed by atoms with E-state index in [1.807, 2.05) is 0 Å². The third-order valence-electron chi connectivity index (χ3n) is 0.0680. The van der Waals surface area contributed by atoms with Gasteiger partial charge in [-0.3, -0.25) is 0 Å². The summed E-state index contributed by atoms with van der Waals surface area (Å²) in [5.41, 5.74) is 0. The van der Waals surface area contributed by atoms with Gasteiger partial charge in [0.1, 0.15) is 0 Å². The van der Waals surface area contributed by atoms with Crippen molar-refractivity contribution in [1.82, 2.24) is 0 Å². The molecule has 0 unspecified atom stereocenters. The average Bonchev–Trinajstić information content (AvgIpc) is 1.38. The number of hydrogen-bond acceptors (Lipinski definition) is 4. The van der Waals surface area contributed by atoms with Crippen molar-refractivity contribution in [1.29, 1.82) is 0 Å². The van der Waals surface area contributed by atoms with Gasteiger partial charge in [-0.25, -0.2) is 0 Å². The van der Waals surface area contributed by atoms with E-state index in [1.54, 1.807) is 0 Å². The van der Waals surface area contributed by atoms with Gasteiger partial charge in [-0.1, -0.05) is 0 Å². The summed E-state index contributed by atoms with van der Waals surface area (Å²) in [5, 5.41) is 17.2. The Morgan fingerprint density at radius 1 is 1.43 bits per heavy atom. The summed E-state index contributed by atoms with van der Waals surface area (Å²) in [4.78, 5) is 11.0. The molecule has 0 aliphatic carbocycles. The first-order valence-corrected chi connectivity index (χ1v) is 0.779. The minimum absolute atomic E-state index is 0. The summed E-state index contributed by atoms with van der Waals surface area (Å²) < 4.78 is 0. The second-order valence-electron chi connectivity index (χ2n) is 0.333. The first-order chi connectivity index (χ1) is 2.27. The van der Waals surface area contributed by atoms with Crippen LogP contribution in [0, 0.1) is 0 Å². The molecule has 0 saturated heterocycles. The quantitative estimate of drug-likeness (QED) is 0.168. The summed E-state index contributed by atoms with van der Waals surface area (Å²) >= 11 is 0. The SMILES string of the molecule is O=C([O-])O[O-].[Li+].[Li+]. The van der Waals surface area contributed by atoms with E-state index in [4.69, 9.17) is 15.2 Å². The van der Waals surface area contributed by atoms with Crippen LogP contribution >= 0.6 is 0 Å². The molecule has 7 heavy (non-hydrogen) atoms. The average molecular weight is 89.9 g/mol. The zero-order valence-corrected chi connectivity index (χ0v) is 4.13. The third kappa shape index (κ3) is 21.4. The Hall–Kier alpha value is 0.425. The van der Waals surface area contributed by atoms with Crippen molar-refractivity contribution in [3.05, 3.63) is 0 Å². The fraction of sp³-hybridized carbons (Fsp3) is 0. The molecule has 0 radical (unpaired) electrons. The van der Waals surface area contributed by atoms with Gasteiger partial charge in [0.05, 0.1) is 0 Å². The van der Waals surface area contributed by atoms with E-state index in [1.165, 1.54) is 0 Å². The predicted octanol–water partition coefficient (Wildman–Crippen LogP) is -8.37. The maximum Gasteiger partial charge on any atom is 1.00 e. The van der Waals surface area contributed by atoms with E-state index in [0.29, 0.717) is 0 Å². The van der Waals surface area contributed by atoms with Crippen LogP contribution in [0.25, 0.3) is 0 Å². The molecule has 30 valence electrons. The van der Waals surface area contributed by atoms with Crippen molar-refractivity contribution in [2.75, 3.05) is 0 Å². The van der Waals surface area contributed by atoms with Gasteiger partial charge in [-0.15, -0.1) is 0 Å². The molecule has 0 N–H and O–H groups in total. The molecule has 0 spiro atoms. The van der Waals surface area contributed by atoms with E-state index in [-0.39, 0.29) is 37.7 Å². The number of hydrogen-bond donors (Lipinski definition) is 0. The molecular formula is CLi2O4. The fourth-order valence-electron chi connectivity index (χ4n) is 0. The molecule has 0 rings (SSSR count). The van der Waals surface area contributed by atoms with E-state index in [0.717, 1.165) is 0 Å². The van der Waals surface area contributed by atoms with Gasteiger partial charge < -0.3 is 20.0 Å². The molecule has 0 aromatic rings. The fourth-order valence-corrected chi connectivity index (χ4v) is 0. The Kier molecular flexibility index (Phi) is 21.6. The molecule has 0 fully saturated rings. The first-order valence-electron chi connectivity index (χ1n) is 0.779. The van der Waals surface area contributed by atoms with E-state index in [9.17, 15) is 0 Å². The molecule has 0 aliphatic rings. The maximum atomic E-state index is 8.72. The topological polar surface area (TPSA) is 72.4 Å². The predicted molar refractivity (Wildman–Crippen MR) is 6.48 cm³/mol. The van der Waals surface area contributed by atoms with Gasteiger partial charge >= 0.3 is 37.7 Å². The van der Waals surface area contributed by atoms with Crippen LogP contribution in [-0.2, 0) is 4.89 Å². The second kappa shape index (κ2) is 9.66. The van der Waals surface area contributed by atoms with E-state index >= 15 is 0 Å². The molecule has 0 heterocycles. The zero-order chi connectivity index (χ0) is 4.28. The third-order valence-corrected chi connectivity index (χ3v) is 0.0680. The first kappa shape index (κ1) is 15.7. The molecule has 0 bridgehead atoms. The van der Waals surface area contributed by atoms with E-state index in [2.05, 4.69) is 4.89 Å². The minimum Gasteiger partial charge on any atom is -0.755 e. The monoisotopic (exact) mass is 90.0 g/mol. The van der Waals surface area contributed by atoms with Crippen LogP contribution in [0.4, 0.5) is 4.79 Å². The van der Waals surface area contributed by atoms with Crippen LogP contribution < -0.4 is 48.1 Å². The largest absolute Gasteiger partial charge is 1.00 e. The zero-order valence-electron chi connectivity index (χ0n) is 4.13. The van der Waals surface area contributed by atoms with Gasteiger partial charge in [-0.2, -0.15) is 0 Å². The molecule has 6 heteroatoms. The molecule has 0 aromatic carbocycles. The van der Waals surface area contributed by atoms with Crippen molar-refractivity contribution in [3.8, 4) is 0 Å². The summed E-state index contributed by atoms with van der Waals surface area (Å²) in [5.74, 6) is 0. The van der Waals surface area contributed by atoms with Crippen LogP contribution in [0.15, 0.2) is 0 Å². The molecule has 4 nitrogen and oxygen atoms in total. The van der Waals surface area contributed by atoms with Crippen LogP contribution in [0.1, 0.15) is 0 Å². The van der Waals surface area contributed by atoms with E-state index < -0.39 is 6.16 Å². The van der Waals surface area contributed by atoms with Gasteiger partial charge in [0, 0.05) is 0 Å². The number of rotatable bonds is 0. The standard InChI is InChI=1S/CH2O4.2Li/c2-1(3)5-4;;/h4H,(H,2,3);;/q;2*+1/p-2. The normalized spacial score (nSPS) is 4.71. The van der Waals surface area contributed by atoms with Gasteiger partial charge in [0.15, 0.2) is 0 Å². The van der Waals surface area contributed by atoms with Crippen LogP contribution in [0.2, 0.25) is 0 Å². The van der Waals surface area contributed by atoms with Gasteiger partial charge in [0.25, 0.3) is 0 Å². The molecule has 0 atom stereocenters. The number of carbonyl (C=O) groups is 1. The summed E-state index contributed by atoms with van der Waals surface area (Å²) in [7, 11) is 0. The van der Waals surface area contributed by atoms with Crippen molar-refractivity contribution in [3.63, 3.8) is 0 Å². The van der Waals surface area contributed by atoms with Crippen molar-refractivity contribution in [2.45, 2.75) is 0 Å². The molecular weight excluding hydrogens is 89.9 g/mol. The molecule has 0 aromatic heterocycles. The Bertz CT molecular complexity index is 45.0. The van der Waals surface area contributed by atoms with Crippen molar-refractivity contribution < 1.29 is 57.8 Å². The smallest absolute Gasteiger partial charge is 0.755 e. The second-order valence-corrected chi connectivity index (χ2v) is 0.333. The molecule has 0 amide bonds. The summed E-state index contributed by atoms with van der Waals surface area (Å²) in [6.07, 6.45) is -2.05. The molecule has 0 aliphatic heterocycles. The Morgan fingerprint density at radius 3 is 1.57 bits per heavy atom. The maximum absolute atomic E-state index is 8.72. The number of carbonyl (C=O) groups excluding carboxylic acids is 1. The molecule has 0 saturated carbocycles. The van der Waals surface area contributed by atoms with Crippen LogP contribution in [0.5, 0.6) is 0 Å². The summed E-state index contributed by atoms with van der Waals surface area (Å²) in [6, 6.07) is 0. The number of carboxylic acid groups (broad SMARTS) is 1. The Labute approximate surface area is 64.1 Å². The minimum atomic E-state index is -2.05. The van der Waals surface area contributed by atoms with Gasteiger partial charge in [0.2, 0.25) is 6.16 Å². The van der Waals surface area contributed by atoms with Crippen LogP contribution in [-0.4, -0.2) is 6.16 Å². The Morgan fingerprint density at radius 2 is 1.57 bits per heavy atom.